The quantitative estimate of drug-likeness (QED) is 0.309. The topological polar surface area (TPSA) is 72.0 Å². The highest BCUT2D eigenvalue weighted by Gasteiger charge is 2.34. The van der Waals surface area contributed by atoms with Crippen LogP contribution in [0.5, 0.6) is 0 Å². The van der Waals surface area contributed by atoms with Crippen LogP contribution in [0.3, 0.4) is 0 Å². The van der Waals surface area contributed by atoms with Crippen LogP contribution in [-0.2, 0) is 11.0 Å². The predicted molar refractivity (Wildman–Crippen MR) is 113 cm³/mol. The van der Waals surface area contributed by atoms with Crippen LogP contribution in [0.4, 0.5) is 18.9 Å². The van der Waals surface area contributed by atoms with Gasteiger partial charge in [0.15, 0.2) is 10.9 Å². The summed E-state index contributed by atoms with van der Waals surface area (Å²) in [7, 11) is 0. The molecule has 1 atom stereocenters. The molecule has 2 aromatic carbocycles. The van der Waals surface area contributed by atoms with Crippen LogP contribution in [0.25, 0.3) is 11.3 Å². The van der Waals surface area contributed by atoms with Gasteiger partial charge in [-0.2, -0.15) is 13.2 Å². The number of rotatable bonds is 6. The van der Waals surface area contributed by atoms with Crippen LogP contribution in [0.1, 0.15) is 29.9 Å². The molecule has 1 aromatic heterocycles. The normalized spacial score (nSPS) is 12.3. The second-order valence-corrected chi connectivity index (χ2v) is 7.98. The van der Waals surface area contributed by atoms with Gasteiger partial charge in [0, 0.05) is 16.8 Å². The van der Waals surface area contributed by atoms with Crippen molar-refractivity contribution in [1.82, 2.24) is 9.97 Å². The van der Waals surface area contributed by atoms with Gasteiger partial charge in [0.2, 0.25) is 5.91 Å². The molecule has 1 N–H and O–H groups in total. The summed E-state index contributed by atoms with van der Waals surface area (Å²) in [6, 6.07) is 15.7. The molecule has 0 fully saturated rings. The van der Waals surface area contributed by atoms with Crippen LogP contribution >= 0.6 is 11.8 Å². The first-order valence-electron chi connectivity index (χ1n) is 9.23. The number of aromatic nitrogens is 2. The lowest BCUT2D eigenvalue weighted by Crippen LogP contribution is -2.23. The molecule has 3 rings (SSSR count). The van der Waals surface area contributed by atoms with Gasteiger partial charge in [0.1, 0.15) is 5.69 Å². The monoisotopic (exact) mass is 445 g/mol. The molecule has 3 aromatic rings. The smallest absolute Gasteiger partial charge is 0.325 e. The number of carbonyl (C=O) groups excluding carboxylic acids is 2. The number of Topliss-reactive ketones (excluding diaryl/α,β-unsaturated/α-hetero) is 1. The molecule has 31 heavy (non-hydrogen) atoms. The summed E-state index contributed by atoms with van der Waals surface area (Å²) in [5, 5.41) is 1.72. The summed E-state index contributed by atoms with van der Waals surface area (Å²) in [5.41, 5.74) is 0.403. The Morgan fingerprint density at radius 1 is 1.00 bits per heavy atom. The number of ketones is 1. The number of thioether (sulfide) groups is 1. The summed E-state index contributed by atoms with van der Waals surface area (Å²) >= 11 is 0.819. The van der Waals surface area contributed by atoms with Gasteiger partial charge in [-0.15, -0.1) is 0 Å². The fourth-order valence-corrected chi connectivity index (χ4v) is 3.44. The van der Waals surface area contributed by atoms with Gasteiger partial charge < -0.3 is 5.32 Å². The van der Waals surface area contributed by atoms with Gasteiger partial charge in [-0.1, -0.05) is 54.2 Å². The van der Waals surface area contributed by atoms with Crippen molar-refractivity contribution in [2.24, 2.45) is 0 Å². The van der Waals surface area contributed by atoms with Gasteiger partial charge in [-0.3, -0.25) is 9.59 Å². The summed E-state index contributed by atoms with van der Waals surface area (Å²) in [4.78, 5) is 31.8. The first-order chi connectivity index (χ1) is 14.6. The Balaban J connectivity index is 1.83. The van der Waals surface area contributed by atoms with Crippen molar-refractivity contribution in [3.05, 3.63) is 71.9 Å². The number of benzene rings is 2. The summed E-state index contributed by atoms with van der Waals surface area (Å²) in [6.45, 7) is 2.95. The van der Waals surface area contributed by atoms with Crippen molar-refractivity contribution >= 4 is 29.1 Å². The average Bonchev–Trinajstić information content (AvgIpc) is 2.73. The molecule has 0 aliphatic heterocycles. The van der Waals surface area contributed by atoms with Gasteiger partial charge in [-0.25, -0.2) is 9.97 Å². The molecule has 9 heteroatoms. The molecule has 160 valence electrons. The minimum atomic E-state index is -4.65. The number of nitrogens with one attached hydrogen (secondary N) is 1. The molecule has 1 amide bonds. The summed E-state index contributed by atoms with van der Waals surface area (Å²) < 4.78 is 40.0. The molecule has 0 aliphatic carbocycles. The minimum absolute atomic E-state index is 0.118. The highest BCUT2D eigenvalue weighted by atomic mass is 32.2. The van der Waals surface area contributed by atoms with Gasteiger partial charge >= 0.3 is 6.18 Å². The molecule has 5 nitrogen and oxygen atoms in total. The molecule has 0 bridgehead atoms. The highest BCUT2D eigenvalue weighted by Crippen LogP contribution is 2.33. The van der Waals surface area contributed by atoms with Crippen LogP contribution in [0, 0.1) is 0 Å². The van der Waals surface area contributed by atoms with E-state index in [1.54, 1.807) is 55.5 Å². The second kappa shape index (κ2) is 9.30. The van der Waals surface area contributed by atoms with E-state index in [0.717, 1.165) is 17.8 Å². The van der Waals surface area contributed by atoms with E-state index in [4.69, 9.17) is 0 Å². The van der Waals surface area contributed by atoms with Gasteiger partial charge in [0.25, 0.3) is 0 Å². The van der Waals surface area contributed by atoms with E-state index in [0.29, 0.717) is 16.8 Å². The largest absolute Gasteiger partial charge is 0.433 e. The Bertz CT molecular complexity index is 1100. The number of hydrogen-bond acceptors (Lipinski definition) is 5. The maximum Gasteiger partial charge on any atom is 0.433 e. The van der Waals surface area contributed by atoms with Crippen LogP contribution < -0.4 is 5.32 Å². The number of anilines is 1. The van der Waals surface area contributed by atoms with Crippen molar-refractivity contribution < 1.29 is 22.8 Å². The van der Waals surface area contributed by atoms with Gasteiger partial charge in [-0.05, 0) is 32.0 Å². The van der Waals surface area contributed by atoms with E-state index in [1.807, 2.05) is 0 Å². The predicted octanol–water partition coefficient (Wildman–Crippen LogP) is 5.48. The van der Waals surface area contributed by atoms with E-state index in [-0.39, 0.29) is 16.6 Å². The Morgan fingerprint density at radius 2 is 1.71 bits per heavy atom. The zero-order valence-electron chi connectivity index (χ0n) is 16.6. The van der Waals surface area contributed by atoms with Crippen LogP contribution in [-0.4, -0.2) is 26.9 Å². The van der Waals surface area contributed by atoms with Crippen LogP contribution in [0.2, 0.25) is 0 Å². The second-order valence-electron chi connectivity index (χ2n) is 6.67. The number of halogens is 3. The standard InChI is InChI=1S/C22H18F3N3O2S/c1-13(29)16-9-6-10-17(11-16)26-20(30)14(2)31-21-27-18(15-7-4-3-5-8-15)12-19(28-21)22(23,24)25/h3-12,14H,1-2H3,(H,26,30)/t14-/m0/s1. The molecule has 0 saturated carbocycles. The summed E-state index contributed by atoms with van der Waals surface area (Å²) in [5.74, 6) is -0.600. The molecule has 0 unspecified atom stereocenters. The van der Waals surface area contributed by atoms with E-state index >= 15 is 0 Å². The van der Waals surface area contributed by atoms with Crippen molar-refractivity contribution in [3.63, 3.8) is 0 Å². The zero-order valence-corrected chi connectivity index (χ0v) is 17.4. The highest BCUT2D eigenvalue weighted by molar-refractivity contribution is 8.00. The number of hydrogen-bond donors (Lipinski definition) is 1. The molecular weight excluding hydrogens is 427 g/mol. The Kier molecular flexibility index (Phi) is 6.74. The number of carbonyl (C=O) groups is 2. The Labute approximate surface area is 181 Å². The van der Waals surface area contributed by atoms with E-state index in [1.165, 1.54) is 13.0 Å². The first-order valence-corrected chi connectivity index (χ1v) is 10.1. The Morgan fingerprint density at radius 3 is 2.35 bits per heavy atom. The van der Waals surface area contributed by atoms with Crippen LogP contribution in [0.15, 0.2) is 65.8 Å². The first kappa shape index (κ1) is 22.5. The van der Waals surface area contributed by atoms with E-state index in [2.05, 4.69) is 15.3 Å². The molecule has 0 spiro atoms. The summed E-state index contributed by atoms with van der Waals surface area (Å²) in [6.07, 6.45) is -4.65. The van der Waals surface area contributed by atoms with Gasteiger partial charge in [0.05, 0.1) is 10.9 Å². The maximum atomic E-state index is 13.3. The molecule has 0 saturated heterocycles. The minimum Gasteiger partial charge on any atom is -0.325 e. The molecule has 0 aliphatic rings. The number of alkyl halides is 3. The van der Waals surface area contributed by atoms with Crippen molar-refractivity contribution in [3.8, 4) is 11.3 Å². The van der Waals surface area contributed by atoms with E-state index in [9.17, 15) is 22.8 Å². The third-order valence-electron chi connectivity index (χ3n) is 4.25. The lowest BCUT2D eigenvalue weighted by Gasteiger charge is -2.14. The molecular formula is C22H18F3N3O2S. The molecule has 0 radical (unpaired) electrons. The maximum absolute atomic E-state index is 13.3. The van der Waals surface area contributed by atoms with Crippen molar-refractivity contribution in [1.29, 1.82) is 0 Å². The third kappa shape index (κ3) is 5.91. The number of amides is 1. The molecule has 1 heterocycles. The fraction of sp³-hybridized carbons (Fsp3) is 0.182. The third-order valence-corrected chi connectivity index (χ3v) is 5.21. The SMILES string of the molecule is CC(=O)c1cccc(NC(=O)[C@H](C)Sc2nc(-c3ccccc3)cc(C(F)(F)F)n2)c1. The lowest BCUT2D eigenvalue weighted by atomic mass is 10.1. The Hall–Kier alpha value is -3.20. The van der Waals surface area contributed by atoms with E-state index < -0.39 is 23.0 Å². The van der Waals surface area contributed by atoms with Crippen molar-refractivity contribution in [2.45, 2.75) is 30.4 Å². The lowest BCUT2D eigenvalue weighted by molar-refractivity contribution is -0.141. The number of nitrogens with zero attached hydrogens (tertiary/aromatic N) is 2. The fourth-order valence-electron chi connectivity index (χ4n) is 2.65. The zero-order chi connectivity index (χ0) is 22.6. The average molecular weight is 445 g/mol. The van der Waals surface area contributed by atoms with Crippen molar-refractivity contribution in [2.75, 3.05) is 5.32 Å².